The van der Waals surface area contributed by atoms with Gasteiger partial charge in [-0.2, -0.15) is 0 Å². The molecule has 2 heteroatoms. The number of hydrogen-bond donors (Lipinski definition) is 1. The molecule has 0 bridgehead atoms. The van der Waals surface area contributed by atoms with E-state index in [1.54, 1.807) is 0 Å². The van der Waals surface area contributed by atoms with Crippen LogP contribution in [-0.2, 0) is 0 Å². The van der Waals surface area contributed by atoms with Crippen LogP contribution >= 0.6 is 0 Å². The minimum absolute atomic E-state index is 0.587. The third-order valence-corrected chi connectivity index (χ3v) is 5.03. The van der Waals surface area contributed by atoms with Crippen LogP contribution in [0.15, 0.2) is 0 Å². The van der Waals surface area contributed by atoms with E-state index in [1.807, 2.05) is 0 Å². The number of likely N-dealkylation sites (tertiary alicyclic amines) is 1. The molecule has 2 aliphatic rings. The molecule has 0 spiro atoms. The number of rotatable bonds is 4. The molecule has 0 aromatic rings. The molecule has 2 unspecified atom stereocenters. The van der Waals surface area contributed by atoms with Gasteiger partial charge in [0, 0.05) is 19.1 Å². The van der Waals surface area contributed by atoms with Crippen molar-refractivity contribution in [3.63, 3.8) is 0 Å². The Morgan fingerprint density at radius 3 is 2.53 bits per heavy atom. The Bertz CT molecular complexity index is 233. The summed E-state index contributed by atoms with van der Waals surface area (Å²) in [5, 5.41) is 3.44. The fourth-order valence-corrected chi connectivity index (χ4v) is 4.01. The van der Waals surface area contributed by atoms with Crippen LogP contribution in [0, 0.1) is 11.3 Å². The van der Waals surface area contributed by atoms with Gasteiger partial charge < -0.3 is 10.2 Å². The van der Waals surface area contributed by atoms with Crippen molar-refractivity contribution in [2.75, 3.05) is 26.7 Å². The topological polar surface area (TPSA) is 15.3 Å². The van der Waals surface area contributed by atoms with E-state index in [1.165, 1.54) is 58.2 Å². The van der Waals surface area contributed by atoms with Crippen LogP contribution in [0.25, 0.3) is 0 Å². The largest absolute Gasteiger partial charge is 0.319 e. The van der Waals surface area contributed by atoms with E-state index >= 15 is 0 Å². The van der Waals surface area contributed by atoms with Gasteiger partial charge in [-0.15, -0.1) is 0 Å². The Morgan fingerprint density at radius 2 is 1.94 bits per heavy atom. The van der Waals surface area contributed by atoms with Crippen molar-refractivity contribution in [3.8, 4) is 0 Å². The van der Waals surface area contributed by atoms with Crippen molar-refractivity contribution in [2.24, 2.45) is 11.3 Å². The number of nitrogens with zero attached hydrogens (tertiary/aromatic N) is 1. The molecule has 0 radical (unpaired) electrons. The van der Waals surface area contributed by atoms with Gasteiger partial charge in [-0.05, 0) is 57.5 Å². The third-order valence-electron chi connectivity index (χ3n) is 5.03. The van der Waals surface area contributed by atoms with Gasteiger partial charge in [-0.1, -0.05) is 19.8 Å². The van der Waals surface area contributed by atoms with Crippen molar-refractivity contribution >= 4 is 0 Å². The first kappa shape index (κ1) is 13.4. The maximum atomic E-state index is 3.44. The molecule has 1 saturated heterocycles. The molecule has 2 atom stereocenters. The van der Waals surface area contributed by atoms with Gasteiger partial charge in [0.25, 0.3) is 0 Å². The Hall–Kier alpha value is -0.0800. The molecule has 1 aliphatic heterocycles. The van der Waals surface area contributed by atoms with Crippen molar-refractivity contribution in [1.29, 1.82) is 0 Å². The zero-order valence-corrected chi connectivity index (χ0v) is 12.0. The van der Waals surface area contributed by atoms with Gasteiger partial charge in [-0.25, -0.2) is 0 Å². The first-order valence-electron chi connectivity index (χ1n) is 7.54. The summed E-state index contributed by atoms with van der Waals surface area (Å²) in [4.78, 5) is 2.77. The second kappa shape index (κ2) is 5.71. The molecular formula is C15H30N2. The summed E-state index contributed by atoms with van der Waals surface area (Å²) in [6.45, 7) is 8.71. The van der Waals surface area contributed by atoms with Crippen molar-refractivity contribution < 1.29 is 0 Å². The summed E-state index contributed by atoms with van der Waals surface area (Å²) in [6.07, 6.45) is 8.56. The SMILES string of the molecule is CNCC1(CN2CCC(C)CC2C)CCCC1. The second-order valence-electron chi connectivity index (χ2n) is 6.69. The van der Waals surface area contributed by atoms with Crippen LogP contribution < -0.4 is 5.32 Å². The van der Waals surface area contributed by atoms with Gasteiger partial charge in [0.1, 0.15) is 0 Å². The minimum Gasteiger partial charge on any atom is -0.319 e. The van der Waals surface area contributed by atoms with E-state index in [4.69, 9.17) is 0 Å². The lowest BCUT2D eigenvalue weighted by Crippen LogP contribution is -2.48. The molecule has 1 N–H and O–H groups in total. The van der Waals surface area contributed by atoms with E-state index in [0.29, 0.717) is 5.41 Å². The molecule has 0 amide bonds. The maximum Gasteiger partial charge on any atom is 0.00697 e. The van der Waals surface area contributed by atoms with Crippen molar-refractivity contribution in [2.45, 2.75) is 58.4 Å². The van der Waals surface area contributed by atoms with Crippen LogP contribution in [0.1, 0.15) is 52.4 Å². The number of nitrogens with one attached hydrogen (secondary N) is 1. The Labute approximate surface area is 107 Å². The van der Waals surface area contributed by atoms with Gasteiger partial charge >= 0.3 is 0 Å². The average molecular weight is 238 g/mol. The van der Waals surface area contributed by atoms with E-state index in [9.17, 15) is 0 Å². The monoisotopic (exact) mass is 238 g/mol. The van der Waals surface area contributed by atoms with E-state index in [-0.39, 0.29) is 0 Å². The van der Waals surface area contributed by atoms with E-state index in [2.05, 4.69) is 31.1 Å². The summed E-state index contributed by atoms with van der Waals surface area (Å²) in [5.41, 5.74) is 0.587. The maximum absolute atomic E-state index is 3.44. The first-order valence-corrected chi connectivity index (χ1v) is 7.54. The van der Waals surface area contributed by atoms with Gasteiger partial charge in [0.05, 0.1) is 0 Å². The highest BCUT2D eigenvalue weighted by atomic mass is 15.2. The van der Waals surface area contributed by atoms with Gasteiger partial charge in [0.2, 0.25) is 0 Å². The van der Waals surface area contributed by atoms with Crippen LogP contribution in [0.3, 0.4) is 0 Å². The van der Waals surface area contributed by atoms with Crippen LogP contribution in [0.5, 0.6) is 0 Å². The molecule has 1 aliphatic carbocycles. The minimum atomic E-state index is 0.587. The normalized spacial score (nSPS) is 34.1. The van der Waals surface area contributed by atoms with Crippen molar-refractivity contribution in [1.82, 2.24) is 10.2 Å². The van der Waals surface area contributed by atoms with Crippen LogP contribution in [0.4, 0.5) is 0 Å². The molecule has 1 heterocycles. The Kier molecular flexibility index (Phi) is 4.48. The zero-order chi connectivity index (χ0) is 12.3. The molecule has 2 rings (SSSR count). The Balaban J connectivity index is 1.93. The summed E-state index contributed by atoms with van der Waals surface area (Å²) in [5.74, 6) is 0.935. The van der Waals surface area contributed by atoms with E-state index < -0.39 is 0 Å². The second-order valence-corrected chi connectivity index (χ2v) is 6.69. The predicted molar refractivity (Wildman–Crippen MR) is 74.3 cm³/mol. The summed E-state index contributed by atoms with van der Waals surface area (Å²) in [7, 11) is 2.11. The lowest BCUT2D eigenvalue weighted by Gasteiger charge is -2.42. The molecular weight excluding hydrogens is 208 g/mol. The number of piperidine rings is 1. The lowest BCUT2D eigenvalue weighted by atomic mass is 9.83. The quantitative estimate of drug-likeness (QED) is 0.810. The average Bonchev–Trinajstić information content (AvgIpc) is 2.72. The molecule has 0 aromatic heterocycles. The third kappa shape index (κ3) is 3.23. The molecule has 100 valence electrons. The molecule has 2 fully saturated rings. The number of hydrogen-bond acceptors (Lipinski definition) is 2. The van der Waals surface area contributed by atoms with Crippen molar-refractivity contribution in [3.05, 3.63) is 0 Å². The molecule has 1 saturated carbocycles. The summed E-state index contributed by atoms with van der Waals surface area (Å²) < 4.78 is 0. The lowest BCUT2D eigenvalue weighted by molar-refractivity contribution is 0.0724. The standard InChI is InChI=1S/C15H30N2/c1-13-6-9-17(14(2)10-13)12-15(11-16-3)7-4-5-8-15/h13-14,16H,4-12H2,1-3H3. The highest BCUT2D eigenvalue weighted by Gasteiger charge is 2.37. The molecule has 17 heavy (non-hydrogen) atoms. The predicted octanol–water partition coefficient (Wildman–Crippen LogP) is 2.89. The highest BCUT2D eigenvalue weighted by Crippen LogP contribution is 2.39. The molecule has 0 aromatic carbocycles. The smallest absolute Gasteiger partial charge is 0.00697 e. The Morgan fingerprint density at radius 1 is 1.24 bits per heavy atom. The van der Waals surface area contributed by atoms with E-state index in [0.717, 1.165) is 12.0 Å². The first-order chi connectivity index (χ1) is 8.15. The van der Waals surface area contributed by atoms with Crippen LogP contribution in [0.2, 0.25) is 0 Å². The van der Waals surface area contributed by atoms with Crippen LogP contribution in [-0.4, -0.2) is 37.6 Å². The fraction of sp³-hybridized carbons (Fsp3) is 1.00. The van der Waals surface area contributed by atoms with Gasteiger partial charge in [-0.3, -0.25) is 0 Å². The highest BCUT2D eigenvalue weighted by molar-refractivity contribution is 4.91. The summed E-state index contributed by atoms with van der Waals surface area (Å²) in [6, 6.07) is 0.799. The fourth-order valence-electron chi connectivity index (χ4n) is 4.01. The summed E-state index contributed by atoms with van der Waals surface area (Å²) >= 11 is 0. The zero-order valence-electron chi connectivity index (χ0n) is 12.0. The van der Waals surface area contributed by atoms with Gasteiger partial charge in [0.15, 0.2) is 0 Å². The molecule has 2 nitrogen and oxygen atoms in total.